The number of hydrogen-bond donors (Lipinski definition) is 2. The number of benzene rings is 2. The van der Waals surface area contributed by atoms with Crippen LogP contribution in [0.4, 0.5) is 0 Å². The SMILES string of the molecule is I.c1ccc(-c2ccc(Cn3ccnc3)cc2)c(CNC2=NCCCN2)c1. The summed E-state index contributed by atoms with van der Waals surface area (Å²) in [5, 5.41) is 6.73. The van der Waals surface area contributed by atoms with Gasteiger partial charge in [-0.2, -0.15) is 0 Å². The molecule has 0 fully saturated rings. The van der Waals surface area contributed by atoms with Crippen molar-refractivity contribution in [3.05, 3.63) is 78.4 Å². The second-order valence-electron chi connectivity index (χ2n) is 6.45. The molecule has 140 valence electrons. The fraction of sp³-hybridized carbons (Fsp3) is 0.238. The summed E-state index contributed by atoms with van der Waals surface area (Å²) in [5.74, 6) is 0.904. The molecule has 2 N–H and O–H groups in total. The largest absolute Gasteiger partial charge is 0.356 e. The molecule has 0 saturated heterocycles. The van der Waals surface area contributed by atoms with E-state index in [0.717, 1.165) is 38.6 Å². The van der Waals surface area contributed by atoms with Gasteiger partial charge in [-0.1, -0.05) is 48.5 Å². The first-order chi connectivity index (χ1) is 12.9. The monoisotopic (exact) mass is 473 g/mol. The molecule has 1 aliphatic heterocycles. The van der Waals surface area contributed by atoms with Crippen LogP contribution in [0.2, 0.25) is 0 Å². The van der Waals surface area contributed by atoms with E-state index in [1.54, 1.807) is 0 Å². The Morgan fingerprint density at radius 2 is 1.93 bits per heavy atom. The minimum Gasteiger partial charge on any atom is -0.356 e. The Morgan fingerprint density at radius 1 is 1.07 bits per heavy atom. The van der Waals surface area contributed by atoms with E-state index in [-0.39, 0.29) is 24.0 Å². The van der Waals surface area contributed by atoms with Gasteiger partial charge in [0.2, 0.25) is 0 Å². The van der Waals surface area contributed by atoms with E-state index in [1.165, 1.54) is 22.3 Å². The van der Waals surface area contributed by atoms with Gasteiger partial charge in [0.15, 0.2) is 5.96 Å². The number of imidazole rings is 1. The van der Waals surface area contributed by atoms with Crippen molar-refractivity contribution in [3.63, 3.8) is 0 Å². The maximum absolute atomic E-state index is 4.48. The Morgan fingerprint density at radius 3 is 2.67 bits per heavy atom. The number of nitrogens with zero attached hydrogens (tertiary/aromatic N) is 3. The van der Waals surface area contributed by atoms with E-state index in [0.29, 0.717) is 0 Å². The molecular weight excluding hydrogens is 449 g/mol. The molecule has 0 unspecified atom stereocenters. The molecule has 1 aromatic heterocycles. The zero-order valence-corrected chi connectivity index (χ0v) is 17.5. The summed E-state index contributed by atoms with van der Waals surface area (Å²) >= 11 is 0. The molecule has 3 aromatic rings. The van der Waals surface area contributed by atoms with Gasteiger partial charge in [0.25, 0.3) is 0 Å². The van der Waals surface area contributed by atoms with Crippen LogP contribution in [0.5, 0.6) is 0 Å². The highest BCUT2D eigenvalue weighted by Gasteiger charge is 2.07. The predicted molar refractivity (Wildman–Crippen MR) is 120 cm³/mol. The highest BCUT2D eigenvalue weighted by molar-refractivity contribution is 14.0. The van der Waals surface area contributed by atoms with Crippen molar-refractivity contribution in [2.75, 3.05) is 13.1 Å². The molecule has 0 aliphatic carbocycles. The molecule has 2 heterocycles. The third-order valence-electron chi connectivity index (χ3n) is 4.55. The zero-order chi connectivity index (χ0) is 17.6. The topological polar surface area (TPSA) is 54.2 Å². The lowest BCUT2D eigenvalue weighted by atomic mass is 9.98. The van der Waals surface area contributed by atoms with E-state index >= 15 is 0 Å². The molecule has 0 spiro atoms. The van der Waals surface area contributed by atoms with Gasteiger partial charge in [-0.15, -0.1) is 24.0 Å². The van der Waals surface area contributed by atoms with Gasteiger partial charge in [0.1, 0.15) is 0 Å². The maximum atomic E-state index is 4.48. The summed E-state index contributed by atoms with van der Waals surface area (Å²) in [7, 11) is 0. The molecule has 0 saturated carbocycles. The summed E-state index contributed by atoms with van der Waals surface area (Å²) in [6.45, 7) is 3.50. The average molecular weight is 473 g/mol. The number of aromatic nitrogens is 2. The highest BCUT2D eigenvalue weighted by atomic mass is 127. The Bertz CT molecular complexity index is 872. The van der Waals surface area contributed by atoms with Gasteiger partial charge in [0, 0.05) is 38.6 Å². The molecule has 4 rings (SSSR count). The van der Waals surface area contributed by atoms with E-state index in [2.05, 4.69) is 73.7 Å². The number of nitrogens with one attached hydrogen (secondary N) is 2. The van der Waals surface area contributed by atoms with Crippen LogP contribution < -0.4 is 10.6 Å². The molecule has 6 heteroatoms. The van der Waals surface area contributed by atoms with Crippen molar-refractivity contribution >= 4 is 29.9 Å². The molecule has 2 aromatic carbocycles. The first-order valence-electron chi connectivity index (χ1n) is 9.04. The van der Waals surface area contributed by atoms with E-state index in [4.69, 9.17) is 0 Å². The minimum atomic E-state index is 0. The molecule has 0 amide bonds. The second-order valence-corrected chi connectivity index (χ2v) is 6.45. The number of aliphatic imine (C=N–C) groups is 1. The van der Waals surface area contributed by atoms with Gasteiger partial charge in [0.05, 0.1) is 6.33 Å². The van der Waals surface area contributed by atoms with Crippen molar-refractivity contribution in [2.45, 2.75) is 19.5 Å². The standard InChI is InChI=1S/C21H23N5.HI/c1-2-5-20(19(4-1)14-25-21-23-10-3-11-24-21)18-8-6-17(7-9-18)15-26-13-12-22-16-26;/h1-2,4-9,12-13,16H,3,10-11,14-15H2,(H2,23,24,25);1H. The van der Waals surface area contributed by atoms with Crippen LogP contribution in [-0.2, 0) is 13.1 Å². The normalized spacial score (nSPS) is 13.3. The van der Waals surface area contributed by atoms with Crippen molar-refractivity contribution in [1.82, 2.24) is 20.2 Å². The minimum absolute atomic E-state index is 0. The predicted octanol–water partition coefficient (Wildman–Crippen LogP) is 3.66. The molecule has 0 radical (unpaired) electrons. The van der Waals surface area contributed by atoms with Crippen LogP contribution >= 0.6 is 24.0 Å². The Labute approximate surface area is 177 Å². The molecule has 0 atom stereocenters. The Balaban J connectivity index is 0.00000210. The fourth-order valence-electron chi connectivity index (χ4n) is 3.17. The quantitative estimate of drug-likeness (QED) is 0.557. The average Bonchev–Trinajstić information content (AvgIpc) is 3.21. The summed E-state index contributed by atoms with van der Waals surface area (Å²) in [6, 6.07) is 17.3. The van der Waals surface area contributed by atoms with Gasteiger partial charge in [-0.3, -0.25) is 4.99 Å². The van der Waals surface area contributed by atoms with Crippen LogP contribution in [0, 0.1) is 0 Å². The second kappa shape index (κ2) is 9.55. The Hall–Kier alpha value is -2.35. The van der Waals surface area contributed by atoms with Crippen LogP contribution in [0.3, 0.4) is 0 Å². The van der Waals surface area contributed by atoms with Gasteiger partial charge >= 0.3 is 0 Å². The summed E-state index contributed by atoms with van der Waals surface area (Å²) in [6.07, 6.45) is 6.74. The third-order valence-corrected chi connectivity index (χ3v) is 4.55. The summed E-state index contributed by atoms with van der Waals surface area (Å²) < 4.78 is 2.07. The third kappa shape index (κ3) is 5.09. The summed E-state index contributed by atoms with van der Waals surface area (Å²) in [4.78, 5) is 8.58. The maximum Gasteiger partial charge on any atom is 0.191 e. The van der Waals surface area contributed by atoms with E-state index in [9.17, 15) is 0 Å². The lowest BCUT2D eigenvalue weighted by Gasteiger charge is -2.17. The summed E-state index contributed by atoms with van der Waals surface area (Å²) in [5.41, 5.74) is 5.02. The van der Waals surface area contributed by atoms with Crippen LogP contribution in [-0.4, -0.2) is 28.6 Å². The lowest BCUT2D eigenvalue weighted by Crippen LogP contribution is -2.40. The molecule has 0 bridgehead atoms. The van der Waals surface area contributed by atoms with Crippen molar-refractivity contribution < 1.29 is 0 Å². The molecule has 1 aliphatic rings. The van der Waals surface area contributed by atoms with Crippen molar-refractivity contribution in [2.24, 2.45) is 4.99 Å². The number of halogens is 1. The number of guanidine groups is 1. The van der Waals surface area contributed by atoms with E-state index < -0.39 is 0 Å². The molecular formula is C21H24IN5. The Kier molecular flexibility index (Phi) is 6.86. The van der Waals surface area contributed by atoms with Gasteiger partial charge < -0.3 is 15.2 Å². The van der Waals surface area contributed by atoms with Crippen LogP contribution in [0.15, 0.2) is 72.2 Å². The smallest absolute Gasteiger partial charge is 0.191 e. The highest BCUT2D eigenvalue weighted by Crippen LogP contribution is 2.24. The fourth-order valence-corrected chi connectivity index (χ4v) is 3.17. The molecule has 5 nitrogen and oxygen atoms in total. The first-order valence-corrected chi connectivity index (χ1v) is 9.04. The number of hydrogen-bond acceptors (Lipinski definition) is 4. The van der Waals surface area contributed by atoms with E-state index in [1.807, 2.05) is 18.7 Å². The number of rotatable bonds is 5. The zero-order valence-electron chi connectivity index (χ0n) is 15.1. The van der Waals surface area contributed by atoms with Crippen molar-refractivity contribution in [3.8, 4) is 11.1 Å². The van der Waals surface area contributed by atoms with Crippen molar-refractivity contribution in [1.29, 1.82) is 0 Å². The lowest BCUT2D eigenvalue weighted by molar-refractivity contribution is 0.702. The van der Waals surface area contributed by atoms with Gasteiger partial charge in [-0.25, -0.2) is 4.98 Å². The van der Waals surface area contributed by atoms with Gasteiger partial charge in [-0.05, 0) is 28.7 Å². The van der Waals surface area contributed by atoms with Crippen LogP contribution in [0.1, 0.15) is 17.5 Å². The molecule has 27 heavy (non-hydrogen) atoms. The first kappa shape index (κ1) is 19.4. The van der Waals surface area contributed by atoms with Crippen LogP contribution in [0.25, 0.3) is 11.1 Å².